The summed E-state index contributed by atoms with van der Waals surface area (Å²) in [6, 6.07) is 16.9. The minimum atomic E-state index is -1.18. The number of aliphatic imine (C=N–C) groups is 2. The maximum Gasteiger partial charge on any atom is 0.330 e. The summed E-state index contributed by atoms with van der Waals surface area (Å²) in [5, 5.41) is 48.9. The normalized spacial score (nSPS) is 10.4. The number of phenolic OH excluding ortho intramolecular Hbond substituents is 2. The zero-order valence-corrected chi connectivity index (χ0v) is 25.1. The Labute approximate surface area is 265 Å². The number of H-pyrrole nitrogens is 2. The summed E-state index contributed by atoms with van der Waals surface area (Å²) in [6.45, 7) is 5.97. The number of rotatable bonds is 6. The Hall–Kier alpha value is -4.22. The van der Waals surface area contributed by atoms with Gasteiger partial charge in [-0.2, -0.15) is 10.2 Å². The summed E-state index contributed by atoms with van der Waals surface area (Å²) >= 11 is 0. The van der Waals surface area contributed by atoms with Gasteiger partial charge in [-0.15, -0.1) is 0 Å². The third kappa shape index (κ3) is 16.1. The van der Waals surface area contributed by atoms with Crippen LogP contribution in [0.4, 0.5) is 0 Å². The second-order valence-corrected chi connectivity index (χ2v) is 8.90. The second-order valence-electron chi connectivity index (χ2n) is 8.90. The molecule has 0 aliphatic rings. The quantitative estimate of drug-likeness (QED) is 0.129. The summed E-state index contributed by atoms with van der Waals surface area (Å²) < 4.78 is 0. The summed E-state index contributed by atoms with van der Waals surface area (Å²) in [6.07, 6.45) is 9.65. The van der Waals surface area contributed by atoms with Crippen LogP contribution in [-0.4, -0.2) is 76.3 Å². The number of carboxylic acids is 2. The van der Waals surface area contributed by atoms with Gasteiger partial charge in [-0.25, -0.2) is 9.59 Å². The van der Waals surface area contributed by atoms with E-state index in [-0.39, 0.29) is 45.6 Å². The molecule has 234 valence electrons. The maximum atomic E-state index is 10.8. The van der Waals surface area contributed by atoms with E-state index < -0.39 is 23.0 Å². The van der Waals surface area contributed by atoms with Crippen LogP contribution in [0.15, 0.2) is 95.4 Å². The van der Waals surface area contributed by atoms with Gasteiger partial charge in [0.15, 0.2) is 11.1 Å². The number of carboxylic acid groups (broad SMARTS) is 2. The number of benzene rings is 2. The Kier molecular flexibility index (Phi) is 19.6. The SMILES string of the molecule is CC(C)(N=Cc1ccccc1O)C(=O)O.CC(C)(N=Cc1ccccc1O)C(=O)O.[Cu].[Cu].c1cn[nH]c1.c1cn[nH]c1. The first-order valence-corrected chi connectivity index (χ1v) is 11.9. The van der Waals surface area contributed by atoms with Gasteiger partial charge in [0.2, 0.25) is 0 Å². The summed E-state index contributed by atoms with van der Waals surface area (Å²) in [5.74, 6) is -1.84. The fourth-order valence-corrected chi connectivity index (χ4v) is 2.20. The number of phenols is 2. The Bertz CT molecular complexity index is 1210. The van der Waals surface area contributed by atoms with Crippen molar-refractivity contribution in [2.75, 3.05) is 0 Å². The van der Waals surface area contributed by atoms with Crippen molar-refractivity contribution in [1.29, 1.82) is 0 Å². The Morgan fingerprint density at radius 3 is 1.21 bits per heavy atom. The fourth-order valence-electron chi connectivity index (χ4n) is 2.20. The molecule has 4 aromatic rings. The Morgan fingerprint density at radius 1 is 0.667 bits per heavy atom. The van der Waals surface area contributed by atoms with Gasteiger partial charge in [-0.05, 0) is 64.1 Å². The van der Waals surface area contributed by atoms with Crippen LogP contribution >= 0.6 is 0 Å². The first-order chi connectivity index (χ1) is 18.9. The van der Waals surface area contributed by atoms with Crippen LogP contribution in [0.1, 0.15) is 38.8 Å². The average Bonchev–Trinajstić information content (AvgIpc) is 3.68. The third-order valence-corrected chi connectivity index (χ3v) is 4.78. The molecule has 0 aliphatic carbocycles. The molecule has 0 saturated heterocycles. The van der Waals surface area contributed by atoms with E-state index >= 15 is 0 Å². The van der Waals surface area contributed by atoms with Gasteiger partial charge < -0.3 is 20.4 Å². The van der Waals surface area contributed by atoms with E-state index in [1.807, 2.05) is 12.1 Å². The number of nitrogens with one attached hydrogen (secondary N) is 2. The number of aromatic nitrogens is 4. The molecule has 0 bridgehead atoms. The molecule has 2 aromatic heterocycles. The molecule has 4 rings (SSSR count). The van der Waals surface area contributed by atoms with Crippen molar-refractivity contribution in [2.24, 2.45) is 9.98 Å². The minimum Gasteiger partial charge on any atom is -0.507 e. The molecular weight excluding hydrogens is 643 g/mol. The van der Waals surface area contributed by atoms with E-state index in [2.05, 4.69) is 30.4 Å². The predicted molar refractivity (Wildman–Crippen MR) is 152 cm³/mol. The van der Waals surface area contributed by atoms with Crippen molar-refractivity contribution in [2.45, 2.75) is 38.8 Å². The number of nitrogens with zero attached hydrogens (tertiary/aromatic N) is 4. The molecule has 42 heavy (non-hydrogen) atoms. The van der Waals surface area contributed by atoms with E-state index in [1.165, 1.54) is 52.3 Å². The maximum absolute atomic E-state index is 10.8. The molecule has 0 aliphatic heterocycles. The van der Waals surface area contributed by atoms with Crippen molar-refractivity contribution in [1.82, 2.24) is 20.4 Å². The van der Waals surface area contributed by atoms with Crippen molar-refractivity contribution in [3.05, 3.63) is 96.6 Å². The number of hydrogen-bond acceptors (Lipinski definition) is 8. The van der Waals surface area contributed by atoms with Crippen LogP contribution in [0.5, 0.6) is 11.5 Å². The van der Waals surface area contributed by atoms with E-state index in [4.69, 9.17) is 10.2 Å². The van der Waals surface area contributed by atoms with Gasteiger partial charge in [0.05, 0.1) is 0 Å². The summed E-state index contributed by atoms with van der Waals surface area (Å²) in [5.41, 5.74) is -1.34. The molecule has 2 heterocycles. The number of aliphatic carboxylic acids is 2. The fraction of sp³-hybridized carbons (Fsp3) is 0.214. The predicted octanol–water partition coefficient (Wildman–Crippen LogP) is 4.16. The van der Waals surface area contributed by atoms with Gasteiger partial charge in [0.1, 0.15) is 11.5 Å². The van der Waals surface area contributed by atoms with Crippen molar-refractivity contribution in [3.8, 4) is 11.5 Å². The number of aromatic hydroxyl groups is 2. The average molecular weight is 678 g/mol. The van der Waals surface area contributed by atoms with Crippen LogP contribution in [-0.2, 0) is 43.7 Å². The first-order valence-electron chi connectivity index (χ1n) is 11.9. The van der Waals surface area contributed by atoms with Crippen molar-refractivity contribution < 1.29 is 64.2 Å². The summed E-state index contributed by atoms with van der Waals surface area (Å²) in [7, 11) is 0. The molecule has 0 atom stereocenters. The molecule has 0 unspecified atom stereocenters. The van der Waals surface area contributed by atoms with Crippen LogP contribution in [0.3, 0.4) is 0 Å². The largest absolute Gasteiger partial charge is 0.507 e. The number of carbonyl (C=O) groups is 2. The van der Waals surface area contributed by atoms with Crippen LogP contribution in [0, 0.1) is 0 Å². The molecule has 14 heteroatoms. The molecule has 6 N–H and O–H groups in total. The van der Waals surface area contributed by atoms with E-state index in [9.17, 15) is 19.8 Å². The number of aromatic amines is 2. The van der Waals surface area contributed by atoms with E-state index in [1.54, 1.807) is 61.2 Å². The molecule has 0 saturated carbocycles. The molecule has 0 spiro atoms. The summed E-state index contributed by atoms with van der Waals surface area (Å²) in [4.78, 5) is 29.3. The Morgan fingerprint density at radius 2 is 1.00 bits per heavy atom. The van der Waals surface area contributed by atoms with Gasteiger partial charge in [0.25, 0.3) is 0 Å². The third-order valence-electron chi connectivity index (χ3n) is 4.78. The van der Waals surface area contributed by atoms with Gasteiger partial charge in [0, 0.05) is 82.5 Å². The minimum absolute atomic E-state index is 0. The van der Waals surface area contributed by atoms with Gasteiger partial charge in [-0.1, -0.05) is 24.3 Å². The van der Waals surface area contributed by atoms with E-state index in [0.29, 0.717) is 11.1 Å². The topological polar surface area (TPSA) is 197 Å². The number of para-hydroxylation sites is 2. The van der Waals surface area contributed by atoms with Crippen LogP contribution in [0.2, 0.25) is 0 Å². The van der Waals surface area contributed by atoms with Gasteiger partial charge >= 0.3 is 11.9 Å². The number of hydrogen-bond donors (Lipinski definition) is 6. The standard InChI is InChI=1S/2C11H13NO3.2C3H4N2.2Cu/c2*1-11(2,10(14)15)12-7-8-5-3-4-6-9(8)13;2*1-2-4-5-3-1;;/h2*3-7,13H,1-2H3,(H,14,15);2*1-3H,(H,4,5);;. The molecule has 0 amide bonds. The zero-order valence-electron chi connectivity index (χ0n) is 23.2. The second kappa shape index (κ2) is 20.6. The monoisotopic (exact) mass is 676 g/mol. The van der Waals surface area contributed by atoms with Crippen LogP contribution in [0.25, 0.3) is 0 Å². The zero-order chi connectivity index (χ0) is 30.0. The molecule has 2 aromatic carbocycles. The molecular formula is C28H34Cu2N6O6. The molecule has 12 nitrogen and oxygen atoms in total. The molecule has 0 fully saturated rings. The Balaban J connectivity index is 0. The first kappa shape index (κ1) is 39.9. The van der Waals surface area contributed by atoms with Crippen molar-refractivity contribution in [3.63, 3.8) is 0 Å². The van der Waals surface area contributed by atoms with Crippen LogP contribution < -0.4 is 0 Å². The van der Waals surface area contributed by atoms with Gasteiger partial charge in [-0.3, -0.25) is 20.2 Å². The van der Waals surface area contributed by atoms with E-state index in [0.717, 1.165) is 0 Å². The smallest absolute Gasteiger partial charge is 0.330 e. The molecule has 2 radical (unpaired) electrons. The van der Waals surface area contributed by atoms with Crippen molar-refractivity contribution >= 4 is 24.4 Å².